The van der Waals surface area contributed by atoms with Crippen molar-refractivity contribution in [3.05, 3.63) is 96.6 Å². The van der Waals surface area contributed by atoms with E-state index in [0.717, 1.165) is 5.56 Å². The maximum atomic E-state index is 13.2. The monoisotopic (exact) mass is 403 g/mol. The van der Waals surface area contributed by atoms with Gasteiger partial charge in [0.15, 0.2) is 0 Å². The number of aromatic nitrogens is 3. The Hall–Kier alpha value is -4.20. The summed E-state index contributed by atoms with van der Waals surface area (Å²) in [5, 5.41) is 5.69. The summed E-state index contributed by atoms with van der Waals surface area (Å²) < 4.78 is 26.3. The molecule has 2 aromatic heterocycles. The lowest BCUT2D eigenvalue weighted by molar-refractivity contribution is 0.102. The Morgan fingerprint density at radius 3 is 2.27 bits per heavy atom. The van der Waals surface area contributed by atoms with Crippen LogP contribution in [-0.2, 0) is 0 Å². The fourth-order valence-corrected chi connectivity index (χ4v) is 2.77. The Labute approximate surface area is 170 Å². The number of rotatable bonds is 5. The lowest BCUT2D eigenvalue weighted by Gasteiger charge is -2.11. The van der Waals surface area contributed by atoms with Crippen molar-refractivity contribution in [3.8, 4) is 11.1 Å². The van der Waals surface area contributed by atoms with E-state index in [0.29, 0.717) is 16.9 Å². The Kier molecular flexibility index (Phi) is 5.38. The van der Waals surface area contributed by atoms with Crippen molar-refractivity contribution < 1.29 is 13.6 Å². The van der Waals surface area contributed by atoms with Crippen LogP contribution in [0.25, 0.3) is 11.1 Å². The van der Waals surface area contributed by atoms with Crippen molar-refractivity contribution in [2.45, 2.75) is 0 Å². The molecule has 0 bridgehead atoms. The van der Waals surface area contributed by atoms with E-state index in [-0.39, 0.29) is 23.3 Å². The van der Waals surface area contributed by atoms with Gasteiger partial charge in [0.05, 0.1) is 11.9 Å². The first kappa shape index (κ1) is 19.1. The maximum Gasteiger partial charge on any atom is 0.274 e. The molecule has 0 aliphatic heterocycles. The summed E-state index contributed by atoms with van der Waals surface area (Å²) in [5.41, 5.74) is 2.59. The molecule has 0 saturated carbocycles. The van der Waals surface area contributed by atoms with Gasteiger partial charge in [0, 0.05) is 23.6 Å². The first-order valence-electron chi connectivity index (χ1n) is 8.95. The van der Waals surface area contributed by atoms with Gasteiger partial charge in [-0.3, -0.25) is 9.78 Å². The number of anilines is 3. The van der Waals surface area contributed by atoms with Gasteiger partial charge in [-0.1, -0.05) is 12.1 Å². The highest BCUT2D eigenvalue weighted by atomic mass is 19.1. The highest BCUT2D eigenvalue weighted by Crippen LogP contribution is 2.27. The zero-order chi connectivity index (χ0) is 20.9. The SMILES string of the molecule is O=C(Nc1cnccc1-c1ccc(F)cc1)c1ccnc(Nc2ccc(F)cc2)n1. The van der Waals surface area contributed by atoms with Crippen LogP contribution in [0.2, 0.25) is 0 Å². The number of nitrogens with zero attached hydrogens (tertiary/aromatic N) is 3. The van der Waals surface area contributed by atoms with Crippen molar-refractivity contribution in [2.75, 3.05) is 10.6 Å². The van der Waals surface area contributed by atoms with Crippen LogP contribution in [0.5, 0.6) is 0 Å². The van der Waals surface area contributed by atoms with Crippen molar-refractivity contribution in [1.29, 1.82) is 0 Å². The molecule has 0 aliphatic rings. The molecular formula is C22H15F2N5O. The number of nitrogens with one attached hydrogen (secondary N) is 2. The minimum Gasteiger partial charge on any atom is -0.324 e. The minimum absolute atomic E-state index is 0.128. The van der Waals surface area contributed by atoms with E-state index >= 15 is 0 Å². The molecule has 0 aliphatic carbocycles. The molecule has 0 unspecified atom stereocenters. The second-order valence-electron chi connectivity index (χ2n) is 6.28. The van der Waals surface area contributed by atoms with Crippen LogP contribution in [0.3, 0.4) is 0 Å². The van der Waals surface area contributed by atoms with Crippen LogP contribution in [0, 0.1) is 11.6 Å². The zero-order valence-electron chi connectivity index (χ0n) is 15.5. The molecule has 30 heavy (non-hydrogen) atoms. The molecule has 4 aromatic rings. The Balaban J connectivity index is 1.55. The number of pyridine rings is 1. The number of halogens is 2. The molecule has 2 aromatic carbocycles. The second-order valence-corrected chi connectivity index (χ2v) is 6.28. The molecule has 8 heteroatoms. The third kappa shape index (κ3) is 4.44. The van der Waals surface area contributed by atoms with Gasteiger partial charge in [-0.15, -0.1) is 0 Å². The predicted octanol–water partition coefficient (Wildman–Crippen LogP) is 4.81. The Bertz CT molecular complexity index is 1180. The van der Waals surface area contributed by atoms with Gasteiger partial charge in [0.25, 0.3) is 5.91 Å². The van der Waals surface area contributed by atoms with Gasteiger partial charge in [-0.05, 0) is 54.1 Å². The van der Waals surface area contributed by atoms with E-state index in [1.165, 1.54) is 54.9 Å². The van der Waals surface area contributed by atoms with Crippen molar-refractivity contribution in [2.24, 2.45) is 0 Å². The molecule has 2 N–H and O–H groups in total. The molecule has 0 radical (unpaired) electrons. The summed E-state index contributed by atoms with van der Waals surface area (Å²) in [7, 11) is 0. The van der Waals surface area contributed by atoms with E-state index in [1.54, 1.807) is 24.4 Å². The van der Waals surface area contributed by atoms with Crippen LogP contribution < -0.4 is 10.6 Å². The van der Waals surface area contributed by atoms with Gasteiger partial charge >= 0.3 is 0 Å². The lowest BCUT2D eigenvalue weighted by Crippen LogP contribution is -2.15. The van der Waals surface area contributed by atoms with Crippen LogP contribution in [0.1, 0.15) is 10.5 Å². The van der Waals surface area contributed by atoms with E-state index in [9.17, 15) is 13.6 Å². The highest BCUT2D eigenvalue weighted by Gasteiger charge is 2.13. The van der Waals surface area contributed by atoms with E-state index in [1.807, 2.05) is 0 Å². The van der Waals surface area contributed by atoms with Gasteiger partial charge in [0.1, 0.15) is 17.3 Å². The van der Waals surface area contributed by atoms with Gasteiger partial charge in [0.2, 0.25) is 5.95 Å². The zero-order valence-corrected chi connectivity index (χ0v) is 15.5. The van der Waals surface area contributed by atoms with Crippen molar-refractivity contribution in [1.82, 2.24) is 15.0 Å². The molecule has 0 atom stereocenters. The van der Waals surface area contributed by atoms with Gasteiger partial charge in [-0.25, -0.2) is 18.7 Å². The number of carbonyl (C=O) groups excluding carboxylic acids is 1. The van der Waals surface area contributed by atoms with Crippen molar-refractivity contribution >= 4 is 23.2 Å². The first-order valence-corrected chi connectivity index (χ1v) is 8.95. The Morgan fingerprint density at radius 2 is 1.53 bits per heavy atom. The lowest BCUT2D eigenvalue weighted by atomic mass is 10.1. The van der Waals surface area contributed by atoms with Crippen LogP contribution in [0.15, 0.2) is 79.3 Å². The van der Waals surface area contributed by atoms with Gasteiger partial charge < -0.3 is 10.6 Å². The van der Waals surface area contributed by atoms with E-state index in [4.69, 9.17) is 0 Å². The quantitative estimate of drug-likeness (QED) is 0.500. The highest BCUT2D eigenvalue weighted by molar-refractivity contribution is 6.05. The van der Waals surface area contributed by atoms with E-state index in [2.05, 4.69) is 25.6 Å². The number of amides is 1. The molecule has 148 valence electrons. The first-order chi connectivity index (χ1) is 14.6. The average Bonchev–Trinajstić information content (AvgIpc) is 2.77. The predicted molar refractivity (Wildman–Crippen MR) is 109 cm³/mol. The van der Waals surface area contributed by atoms with Gasteiger partial charge in [-0.2, -0.15) is 0 Å². The van der Waals surface area contributed by atoms with Crippen LogP contribution in [-0.4, -0.2) is 20.9 Å². The molecule has 0 fully saturated rings. The number of hydrogen-bond acceptors (Lipinski definition) is 5. The molecule has 2 heterocycles. The summed E-state index contributed by atoms with van der Waals surface area (Å²) in [6, 6.07) is 14.8. The van der Waals surface area contributed by atoms with E-state index < -0.39 is 5.91 Å². The summed E-state index contributed by atoms with van der Waals surface area (Å²) in [6.07, 6.45) is 4.54. The van der Waals surface area contributed by atoms with Crippen LogP contribution in [0.4, 0.5) is 26.1 Å². The third-order valence-electron chi connectivity index (χ3n) is 4.21. The minimum atomic E-state index is -0.462. The third-order valence-corrected chi connectivity index (χ3v) is 4.21. The molecule has 0 spiro atoms. The molecular weight excluding hydrogens is 388 g/mol. The van der Waals surface area contributed by atoms with Crippen molar-refractivity contribution in [3.63, 3.8) is 0 Å². The smallest absolute Gasteiger partial charge is 0.274 e. The number of carbonyl (C=O) groups is 1. The topological polar surface area (TPSA) is 79.8 Å². The number of hydrogen-bond donors (Lipinski definition) is 2. The second kappa shape index (κ2) is 8.44. The fourth-order valence-electron chi connectivity index (χ4n) is 2.77. The summed E-state index contributed by atoms with van der Waals surface area (Å²) in [4.78, 5) is 25.1. The largest absolute Gasteiger partial charge is 0.324 e. The molecule has 0 saturated heterocycles. The summed E-state index contributed by atoms with van der Waals surface area (Å²) in [5.74, 6) is -0.973. The van der Waals surface area contributed by atoms with Crippen LogP contribution >= 0.6 is 0 Å². The molecule has 1 amide bonds. The number of benzene rings is 2. The summed E-state index contributed by atoms with van der Waals surface area (Å²) >= 11 is 0. The standard InChI is InChI=1S/C22H15F2N5O/c23-15-3-1-14(2-4-15)18-9-11-25-13-20(18)28-21(30)19-10-12-26-22(29-19)27-17-7-5-16(24)6-8-17/h1-13H,(H,28,30)(H,26,27,29). The average molecular weight is 403 g/mol. The maximum absolute atomic E-state index is 13.2. The fraction of sp³-hybridized carbons (Fsp3) is 0. The Morgan fingerprint density at radius 1 is 0.833 bits per heavy atom. The molecule has 6 nitrogen and oxygen atoms in total. The molecule has 4 rings (SSSR count). The normalized spacial score (nSPS) is 10.5. The summed E-state index contributed by atoms with van der Waals surface area (Å²) in [6.45, 7) is 0.